The van der Waals surface area contributed by atoms with Gasteiger partial charge in [-0.15, -0.1) is 0 Å². The van der Waals surface area contributed by atoms with Gasteiger partial charge in [0.15, 0.2) is 11.5 Å². The summed E-state index contributed by atoms with van der Waals surface area (Å²) in [4.78, 5) is 19.0. The molecule has 0 saturated carbocycles. The molecule has 0 aliphatic carbocycles. The fraction of sp³-hybridized carbons (Fsp3) is 0.409. The highest BCUT2D eigenvalue weighted by Gasteiger charge is 2.21. The zero-order chi connectivity index (χ0) is 21.4. The summed E-state index contributed by atoms with van der Waals surface area (Å²) in [5.74, 6) is -0.358. The fourth-order valence-electron chi connectivity index (χ4n) is 3.66. The van der Waals surface area contributed by atoms with Crippen molar-refractivity contribution >= 4 is 17.3 Å². The number of pyridine rings is 1. The van der Waals surface area contributed by atoms with E-state index in [0.29, 0.717) is 13.2 Å². The topological polar surface area (TPSA) is 69.0 Å². The lowest BCUT2D eigenvalue weighted by Crippen LogP contribution is -2.36. The van der Waals surface area contributed by atoms with Crippen molar-refractivity contribution in [3.63, 3.8) is 0 Å². The largest absolute Gasteiger partial charge is 0.465 e. The number of aromatic nitrogens is 3. The van der Waals surface area contributed by atoms with Crippen LogP contribution in [-0.2, 0) is 9.47 Å². The van der Waals surface area contributed by atoms with Gasteiger partial charge in [0.2, 0.25) is 0 Å². The first-order valence-electron chi connectivity index (χ1n) is 10.0. The summed E-state index contributed by atoms with van der Waals surface area (Å²) in [5.41, 5.74) is 3.92. The third-order valence-corrected chi connectivity index (χ3v) is 5.33. The molecule has 0 radical (unpaired) electrons. The number of benzene rings is 1. The van der Waals surface area contributed by atoms with Gasteiger partial charge < -0.3 is 14.4 Å². The molecule has 158 valence electrons. The third kappa shape index (κ3) is 3.63. The van der Waals surface area contributed by atoms with Gasteiger partial charge in [-0.2, -0.15) is 5.10 Å². The Morgan fingerprint density at radius 2 is 1.97 bits per heavy atom. The molecule has 0 atom stereocenters. The molecule has 3 aromatic rings. The number of fused-ring (bicyclic) bond motifs is 1. The summed E-state index contributed by atoms with van der Waals surface area (Å²) in [6.07, 6.45) is 1.87. The Morgan fingerprint density at radius 1 is 1.23 bits per heavy atom. The van der Waals surface area contributed by atoms with Gasteiger partial charge in [-0.1, -0.05) is 13.8 Å². The number of carbonyl (C=O) groups excluding carboxylic acids is 1. The highest BCUT2D eigenvalue weighted by atomic mass is 19.1. The number of rotatable bonds is 4. The van der Waals surface area contributed by atoms with Crippen LogP contribution in [-0.4, -0.2) is 54.0 Å². The average molecular weight is 412 g/mol. The lowest BCUT2D eigenvalue weighted by atomic mass is 9.98. The first-order valence-corrected chi connectivity index (χ1v) is 10.0. The fourth-order valence-corrected chi connectivity index (χ4v) is 3.66. The van der Waals surface area contributed by atoms with Crippen LogP contribution in [0.5, 0.6) is 0 Å². The number of halogens is 1. The quantitative estimate of drug-likeness (QED) is 0.610. The smallest absolute Gasteiger partial charge is 0.340 e. The molecular weight excluding hydrogens is 387 g/mol. The van der Waals surface area contributed by atoms with Gasteiger partial charge in [-0.05, 0) is 36.2 Å². The van der Waals surface area contributed by atoms with Gasteiger partial charge in [0, 0.05) is 30.8 Å². The minimum absolute atomic E-state index is 0.0902. The molecule has 8 heteroatoms. The predicted molar refractivity (Wildman–Crippen MR) is 112 cm³/mol. The molecule has 30 heavy (non-hydrogen) atoms. The van der Waals surface area contributed by atoms with E-state index in [1.54, 1.807) is 10.6 Å². The van der Waals surface area contributed by atoms with Crippen molar-refractivity contribution in [1.82, 2.24) is 14.6 Å². The molecule has 0 bridgehead atoms. The number of hydrogen-bond acceptors (Lipinski definition) is 6. The number of morpholine rings is 1. The summed E-state index contributed by atoms with van der Waals surface area (Å²) >= 11 is 0. The molecule has 1 aromatic carbocycles. The van der Waals surface area contributed by atoms with Crippen molar-refractivity contribution in [2.24, 2.45) is 0 Å². The minimum atomic E-state index is -0.703. The number of aryl methyl sites for hydroxylation is 1. The molecule has 0 spiro atoms. The zero-order valence-corrected chi connectivity index (χ0v) is 17.6. The number of carbonyl (C=O) groups is 1. The van der Waals surface area contributed by atoms with Crippen LogP contribution in [0.1, 0.15) is 41.5 Å². The van der Waals surface area contributed by atoms with Crippen LogP contribution in [0.25, 0.3) is 16.8 Å². The number of hydrogen-bond donors (Lipinski definition) is 0. The van der Waals surface area contributed by atoms with Crippen LogP contribution in [0, 0.1) is 12.7 Å². The van der Waals surface area contributed by atoms with E-state index in [0.717, 1.165) is 46.9 Å². The summed E-state index contributed by atoms with van der Waals surface area (Å²) in [5, 5.41) is 4.66. The van der Waals surface area contributed by atoms with Crippen LogP contribution in [0.15, 0.2) is 24.4 Å². The predicted octanol–water partition coefficient (Wildman–Crippen LogP) is 3.59. The second-order valence-electron chi connectivity index (χ2n) is 7.74. The molecule has 1 aliphatic rings. The van der Waals surface area contributed by atoms with Crippen molar-refractivity contribution < 1.29 is 18.7 Å². The van der Waals surface area contributed by atoms with Gasteiger partial charge in [0.1, 0.15) is 5.82 Å². The van der Waals surface area contributed by atoms with Crippen molar-refractivity contribution in [3.8, 4) is 11.1 Å². The Labute approximate surface area is 174 Å². The molecule has 1 aliphatic heterocycles. The van der Waals surface area contributed by atoms with E-state index < -0.39 is 11.8 Å². The van der Waals surface area contributed by atoms with Gasteiger partial charge in [0.05, 0.1) is 31.6 Å². The molecule has 0 unspecified atom stereocenters. The van der Waals surface area contributed by atoms with Crippen LogP contribution in [0.3, 0.4) is 0 Å². The highest BCUT2D eigenvalue weighted by Crippen LogP contribution is 2.32. The number of anilines is 1. The van der Waals surface area contributed by atoms with Crippen molar-refractivity contribution in [2.45, 2.75) is 26.7 Å². The van der Waals surface area contributed by atoms with E-state index >= 15 is 0 Å². The lowest BCUT2D eigenvalue weighted by Gasteiger charge is -2.29. The summed E-state index contributed by atoms with van der Waals surface area (Å²) in [7, 11) is 1.24. The monoisotopic (exact) mass is 412 g/mol. The molecule has 0 N–H and O–H groups in total. The van der Waals surface area contributed by atoms with Gasteiger partial charge >= 0.3 is 5.97 Å². The molecule has 7 nitrogen and oxygen atoms in total. The van der Waals surface area contributed by atoms with Crippen LogP contribution in [0.2, 0.25) is 0 Å². The molecule has 2 aromatic heterocycles. The average Bonchev–Trinajstić information content (AvgIpc) is 3.18. The molecule has 1 saturated heterocycles. The molecular formula is C22H25FN4O3. The lowest BCUT2D eigenvalue weighted by molar-refractivity contribution is 0.0595. The number of methoxy groups -OCH3 is 1. The number of ether oxygens (including phenoxy) is 2. The Bertz CT molecular complexity index is 1100. The highest BCUT2D eigenvalue weighted by molar-refractivity contribution is 5.92. The van der Waals surface area contributed by atoms with Gasteiger partial charge in [0.25, 0.3) is 0 Å². The molecule has 1 fully saturated rings. The normalized spacial score (nSPS) is 14.5. The minimum Gasteiger partial charge on any atom is -0.465 e. The number of esters is 1. The Kier molecular flexibility index (Phi) is 5.42. The SMILES string of the molecule is COC(=O)c1cc(-c2cc(N3CCOCC3)c3nc(C(C)C)nn3c2)c(C)cc1F. The van der Waals surface area contributed by atoms with Crippen LogP contribution in [0.4, 0.5) is 10.1 Å². The Balaban J connectivity index is 1.92. The number of nitrogens with zero attached hydrogens (tertiary/aromatic N) is 4. The maximum absolute atomic E-state index is 14.3. The van der Waals surface area contributed by atoms with Gasteiger partial charge in [-0.3, -0.25) is 0 Å². The molecule has 4 rings (SSSR count). The third-order valence-electron chi connectivity index (χ3n) is 5.33. The maximum Gasteiger partial charge on any atom is 0.340 e. The maximum atomic E-state index is 14.3. The first kappa shape index (κ1) is 20.3. The molecule has 0 amide bonds. The van der Waals surface area contributed by atoms with Crippen LogP contribution < -0.4 is 4.90 Å². The van der Waals surface area contributed by atoms with Crippen molar-refractivity contribution in [1.29, 1.82) is 0 Å². The van der Waals surface area contributed by atoms with Gasteiger partial charge in [-0.25, -0.2) is 18.7 Å². The van der Waals surface area contributed by atoms with Crippen LogP contribution >= 0.6 is 0 Å². The van der Waals surface area contributed by atoms with Crippen molar-refractivity contribution in [3.05, 3.63) is 47.2 Å². The van der Waals surface area contributed by atoms with E-state index in [4.69, 9.17) is 14.5 Å². The summed E-state index contributed by atoms with van der Waals surface area (Å²) in [6, 6.07) is 4.93. The Morgan fingerprint density at radius 3 is 2.63 bits per heavy atom. The van der Waals surface area contributed by atoms with Crippen molar-refractivity contribution in [2.75, 3.05) is 38.3 Å². The molecule has 3 heterocycles. The zero-order valence-electron chi connectivity index (χ0n) is 17.6. The van der Waals surface area contributed by atoms with E-state index in [-0.39, 0.29) is 11.5 Å². The van der Waals surface area contributed by atoms with E-state index in [9.17, 15) is 9.18 Å². The summed E-state index contributed by atoms with van der Waals surface area (Å²) in [6.45, 7) is 8.71. The summed E-state index contributed by atoms with van der Waals surface area (Å²) < 4.78 is 26.4. The van der Waals surface area contributed by atoms with E-state index in [1.165, 1.54) is 13.2 Å². The van der Waals surface area contributed by atoms with E-state index in [2.05, 4.69) is 23.8 Å². The second kappa shape index (κ2) is 8.02. The first-order chi connectivity index (χ1) is 14.4. The second-order valence-corrected chi connectivity index (χ2v) is 7.74. The van der Waals surface area contributed by atoms with E-state index in [1.807, 2.05) is 19.2 Å². The Hall–Kier alpha value is -3.00. The standard InChI is InChI=1S/C22H25FN4O3/c1-13(2)20-24-21-19(26-5-7-30-8-6-26)10-15(12-27(21)25-20)16-11-17(22(28)29-4)18(23)9-14(16)3/h9-13H,5-8H2,1-4H3.